The quantitative estimate of drug-likeness (QED) is 0.786. The lowest BCUT2D eigenvalue weighted by molar-refractivity contribution is -0.139. The molecule has 120 valence electrons. The average molecular weight is 310 g/mol. The Morgan fingerprint density at radius 2 is 1.78 bits per heavy atom. The first-order valence-electron chi connectivity index (χ1n) is 8.49. The van der Waals surface area contributed by atoms with Crippen molar-refractivity contribution < 1.29 is 9.59 Å². The number of amides is 2. The lowest BCUT2D eigenvalue weighted by Gasteiger charge is -2.35. The molecule has 23 heavy (non-hydrogen) atoms. The van der Waals surface area contributed by atoms with Crippen molar-refractivity contribution >= 4 is 17.9 Å². The Morgan fingerprint density at radius 3 is 2.57 bits per heavy atom. The molecule has 0 spiro atoms. The molecule has 3 aliphatic rings. The van der Waals surface area contributed by atoms with E-state index in [2.05, 4.69) is 29.2 Å². The Hall–Kier alpha value is -1.94. The van der Waals surface area contributed by atoms with Crippen molar-refractivity contribution in [2.75, 3.05) is 13.6 Å². The van der Waals surface area contributed by atoms with Gasteiger partial charge in [0.05, 0.1) is 11.8 Å². The SMILES string of the molecule is CN1C(=O)[C@@H]2[C@H](C1=O)[C@H]1CCCCN1[C@@H]2/C=C/c1ccccc1. The number of fused-ring (bicyclic) bond motifs is 3. The van der Waals surface area contributed by atoms with E-state index in [0.29, 0.717) is 0 Å². The Morgan fingerprint density at radius 1 is 1.04 bits per heavy atom. The summed E-state index contributed by atoms with van der Waals surface area (Å²) in [4.78, 5) is 28.9. The summed E-state index contributed by atoms with van der Waals surface area (Å²) in [5.41, 5.74) is 1.13. The van der Waals surface area contributed by atoms with Crippen molar-refractivity contribution in [3.63, 3.8) is 0 Å². The van der Waals surface area contributed by atoms with Crippen LogP contribution >= 0.6 is 0 Å². The summed E-state index contributed by atoms with van der Waals surface area (Å²) in [5.74, 6) is -0.321. The fourth-order valence-corrected chi connectivity index (χ4v) is 4.57. The van der Waals surface area contributed by atoms with Crippen LogP contribution in [0.4, 0.5) is 0 Å². The first-order chi connectivity index (χ1) is 11.2. The Balaban J connectivity index is 1.68. The van der Waals surface area contributed by atoms with Crippen LogP contribution in [0.2, 0.25) is 0 Å². The Bertz CT molecular complexity index is 655. The van der Waals surface area contributed by atoms with Crippen LogP contribution in [0, 0.1) is 11.8 Å². The van der Waals surface area contributed by atoms with Gasteiger partial charge in [0.25, 0.3) is 0 Å². The summed E-state index contributed by atoms with van der Waals surface area (Å²) in [5, 5.41) is 0. The van der Waals surface area contributed by atoms with E-state index in [1.165, 1.54) is 4.90 Å². The smallest absolute Gasteiger partial charge is 0.234 e. The molecule has 1 aromatic rings. The molecule has 4 rings (SSSR count). The van der Waals surface area contributed by atoms with E-state index in [-0.39, 0.29) is 35.7 Å². The van der Waals surface area contributed by atoms with Gasteiger partial charge < -0.3 is 0 Å². The maximum atomic E-state index is 12.6. The van der Waals surface area contributed by atoms with Crippen molar-refractivity contribution in [2.45, 2.75) is 31.3 Å². The second-order valence-corrected chi connectivity index (χ2v) is 6.85. The molecule has 3 aliphatic heterocycles. The van der Waals surface area contributed by atoms with Crippen LogP contribution in [-0.2, 0) is 9.59 Å². The Labute approximate surface area is 136 Å². The number of nitrogens with zero attached hydrogens (tertiary/aromatic N) is 2. The zero-order valence-electron chi connectivity index (χ0n) is 13.4. The third-order valence-corrected chi connectivity index (χ3v) is 5.66. The first kappa shape index (κ1) is 14.6. The van der Waals surface area contributed by atoms with E-state index in [1.54, 1.807) is 7.05 Å². The minimum Gasteiger partial charge on any atom is -0.292 e. The van der Waals surface area contributed by atoms with Crippen LogP contribution in [0.3, 0.4) is 0 Å². The number of likely N-dealkylation sites (tertiary alicyclic amines) is 1. The highest BCUT2D eigenvalue weighted by Gasteiger charge is 2.60. The summed E-state index contributed by atoms with van der Waals surface area (Å²) >= 11 is 0. The van der Waals surface area contributed by atoms with E-state index in [0.717, 1.165) is 31.4 Å². The molecule has 0 radical (unpaired) electrons. The van der Waals surface area contributed by atoms with Gasteiger partial charge in [-0.25, -0.2) is 0 Å². The fourth-order valence-electron chi connectivity index (χ4n) is 4.57. The molecule has 0 saturated carbocycles. The molecule has 0 N–H and O–H groups in total. The van der Waals surface area contributed by atoms with Crippen molar-refractivity contribution in [1.82, 2.24) is 9.80 Å². The van der Waals surface area contributed by atoms with Gasteiger partial charge in [0.15, 0.2) is 0 Å². The number of benzene rings is 1. The molecule has 4 nitrogen and oxygen atoms in total. The molecule has 0 unspecified atom stereocenters. The van der Waals surface area contributed by atoms with Gasteiger partial charge >= 0.3 is 0 Å². The number of hydrogen-bond acceptors (Lipinski definition) is 3. The summed E-state index contributed by atoms with van der Waals surface area (Å²) in [6, 6.07) is 10.4. The van der Waals surface area contributed by atoms with E-state index in [4.69, 9.17) is 0 Å². The van der Waals surface area contributed by atoms with Crippen LogP contribution in [0.15, 0.2) is 36.4 Å². The molecule has 3 heterocycles. The molecule has 0 aromatic heterocycles. The van der Waals surface area contributed by atoms with E-state index >= 15 is 0 Å². The number of rotatable bonds is 2. The number of carbonyl (C=O) groups is 2. The number of hydrogen-bond donors (Lipinski definition) is 0. The van der Waals surface area contributed by atoms with E-state index in [9.17, 15) is 9.59 Å². The van der Waals surface area contributed by atoms with Gasteiger partial charge in [-0.3, -0.25) is 19.4 Å². The minimum atomic E-state index is -0.199. The zero-order valence-corrected chi connectivity index (χ0v) is 13.4. The highest BCUT2D eigenvalue weighted by molar-refractivity contribution is 6.06. The van der Waals surface area contributed by atoms with Crippen molar-refractivity contribution in [1.29, 1.82) is 0 Å². The number of piperidine rings is 1. The summed E-state index contributed by atoms with van der Waals surface area (Å²) in [6.45, 7) is 0.992. The van der Waals surface area contributed by atoms with Crippen molar-refractivity contribution in [2.24, 2.45) is 11.8 Å². The van der Waals surface area contributed by atoms with Gasteiger partial charge in [0.1, 0.15) is 0 Å². The third kappa shape index (κ3) is 2.24. The lowest BCUT2D eigenvalue weighted by Crippen LogP contribution is -2.45. The standard InChI is InChI=1S/C19H22N2O2/c1-20-18(22)16-14-9-5-6-12-21(14)15(17(16)19(20)23)11-10-13-7-3-2-4-8-13/h2-4,7-8,10-11,14-17H,5-6,9,12H2,1H3/b11-10+/t14-,15-,16-,17+/m1/s1. The normalized spacial score (nSPS) is 34.2. The van der Waals surface area contributed by atoms with Gasteiger partial charge in [-0.05, 0) is 24.9 Å². The molecule has 0 bridgehead atoms. The van der Waals surface area contributed by atoms with Gasteiger partial charge in [0, 0.05) is 19.1 Å². The molecule has 0 aliphatic carbocycles. The maximum Gasteiger partial charge on any atom is 0.234 e. The number of carbonyl (C=O) groups excluding carboxylic acids is 2. The van der Waals surface area contributed by atoms with Crippen LogP contribution in [0.5, 0.6) is 0 Å². The molecule has 1 aromatic carbocycles. The lowest BCUT2D eigenvalue weighted by atomic mass is 9.87. The van der Waals surface area contributed by atoms with Gasteiger partial charge in [-0.2, -0.15) is 0 Å². The van der Waals surface area contributed by atoms with Crippen molar-refractivity contribution in [3.8, 4) is 0 Å². The van der Waals surface area contributed by atoms with Crippen molar-refractivity contribution in [3.05, 3.63) is 42.0 Å². The highest BCUT2D eigenvalue weighted by atomic mass is 16.2. The van der Waals surface area contributed by atoms with E-state index < -0.39 is 0 Å². The summed E-state index contributed by atoms with van der Waals surface area (Å²) in [7, 11) is 1.63. The fraction of sp³-hybridized carbons (Fsp3) is 0.474. The molecule has 3 saturated heterocycles. The summed E-state index contributed by atoms with van der Waals surface area (Å²) in [6.07, 6.45) is 7.58. The zero-order chi connectivity index (χ0) is 16.0. The average Bonchev–Trinajstić information content (AvgIpc) is 3.03. The monoisotopic (exact) mass is 310 g/mol. The molecule has 4 heteroatoms. The van der Waals surface area contributed by atoms with Crippen LogP contribution in [-0.4, -0.2) is 47.3 Å². The molecule has 3 fully saturated rings. The number of imide groups is 1. The van der Waals surface area contributed by atoms with Crippen LogP contribution < -0.4 is 0 Å². The van der Waals surface area contributed by atoms with Gasteiger partial charge in [-0.1, -0.05) is 48.9 Å². The molecular formula is C19H22N2O2. The predicted octanol–water partition coefficient (Wildman–Crippen LogP) is 2.17. The highest BCUT2D eigenvalue weighted by Crippen LogP contribution is 2.45. The maximum absolute atomic E-state index is 12.6. The van der Waals surface area contributed by atoms with E-state index in [1.807, 2.05) is 18.2 Å². The second-order valence-electron chi connectivity index (χ2n) is 6.85. The third-order valence-electron chi connectivity index (χ3n) is 5.66. The van der Waals surface area contributed by atoms with Crippen LogP contribution in [0.25, 0.3) is 6.08 Å². The largest absolute Gasteiger partial charge is 0.292 e. The first-order valence-corrected chi connectivity index (χ1v) is 8.49. The summed E-state index contributed by atoms with van der Waals surface area (Å²) < 4.78 is 0. The molecular weight excluding hydrogens is 288 g/mol. The molecule has 4 atom stereocenters. The predicted molar refractivity (Wildman–Crippen MR) is 88.4 cm³/mol. The second kappa shape index (κ2) is 5.60. The van der Waals surface area contributed by atoms with Crippen LogP contribution in [0.1, 0.15) is 24.8 Å². The van der Waals surface area contributed by atoms with Gasteiger partial charge in [-0.15, -0.1) is 0 Å². The Kier molecular flexibility index (Phi) is 3.57. The molecule has 2 amide bonds. The van der Waals surface area contributed by atoms with Gasteiger partial charge in [0.2, 0.25) is 11.8 Å². The topological polar surface area (TPSA) is 40.6 Å². The minimum absolute atomic E-state index is 0.00267.